The molecule has 0 bridgehead atoms. The van der Waals surface area contributed by atoms with E-state index in [0.29, 0.717) is 24.5 Å². The Morgan fingerprint density at radius 2 is 1.78 bits per heavy atom. The molecule has 4 rings (SSSR count). The molecule has 8 heteroatoms. The van der Waals surface area contributed by atoms with Crippen LogP contribution in [0.1, 0.15) is 44.1 Å². The zero-order valence-electron chi connectivity index (χ0n) is 18.6. The number of anilines is 1. The van der Waals surface area contributed by atoms with Crippen molar-refractivity contribution in [2.75, 3.05) is 24.9 Å². The van der Waals surface area contributed by atoms with E-state index in [1.165, 1.54) is 6.26 Å². The highest BCUT2D eigenvalue weighted by Gasteiger charge is 2.63. The van der Waals surface area contributed by atoms with Crippen LogP contribution in [0.5, 0.6) is 0 Å². The van der Waals surface area contributed by atoms with Gasteiger partial charge in [0.05, 0.1) is 31.8 Å². The summed E-state index contributed by atoms with van der Waals surface area (Å²) in [4.78, 5) is 33.6. The van der Waals surface area contributed by atoms with Gasteiger partial charge in [0.25, 0.3) is 0 Å². The molecule has 1 aromatic heterocycles. The summed E-state index contributed by atoms with van der Waals surface area (Å²) in [7, 11) is 0. The van der Waals surface area contributed by atoms with E-state index in [0.717, 1.165) is 5.56 Å². The second-order valence-electron chi connectivity index (χ2n) is 8.09. The minimum atomic E-state index is -1.71. The first-order chi connectivity index (χ1) is 15.5. The number of hydrogen-bond donors (Lipinski definition) is 0. The fraction of sp³-hybridized carbons (Fsp3) is 0.500. The van der Waals surface area contributed by atoms with Gasteiger partial charge in [0, 0.05) is 5.92 Å². The first kappa shape index (κ1) is 22.4. The number of ether oxygens (including phenoxy) is 3. The topological polar surface area (TPSA) is 87.4 Å². The first-order valence-electron chi connectivity index (χ1n) is 11.0. The monoisotopic (exact) mass is 443 g/mol. The van der Waals surface area contributed by atoms with Crippen LogP contribution in [0.3, 0.4) is 0 Å². The van der Waals surface area contributed by atoms with E-state index in [1.54, 1.807) is 31.0 Å². The Morgan fingerprint density at radius 3 is 2.38 bits per heavy atom. The number of fused-ring (bicyclic) bond motifs is 1. The highest BCUT2D eigenvalue weighted by atomic mass is 16.8. The van der Waals surface area contributed by atoms with Gasteiger partial charge in [0.2, 0.25) is 0 Å². The Labute approximate surface area is 187 Å². The van der Waals surface area contributed by atoms with Crippen LogP contribution in [0.2, 0.25) is 0 Å². The van der Waals surface area contributed by atoms with Gasteiger partial charge in [0.15, 0.2) is 11.7 Å². The molecule has 8 nitrogen and oxygen atoms in total. The Bertz CT molecular complexity index is 906. The molecule has 0 spiro atoms. The van der Waals surface area contributed by atoms with Gasteiger partial charge in [0.1, 0.15) is 11.8 Å². The molecule has 0 aliphatic carbocycles. The van der Waals surface area contributed by atoms with E-state index in [1.807, 2.05) is 31.2 Å². The molecule has 32 heavy (non-hydrogen) atoms. The molecular weight excluding hydrogens is 414 g/mol. The van der Waals surface area contributed by atoms with Crippen molar-refractivity contribution < 1.29 is 33.1 Å². The Hall–Kier alpha value is -2.84. The lowest BCUT2D eigenvalue weighted by Crippen LogP contribution is -2.52. The van der Waals surface area contributed by atoms with E-state index in [2.05, 4.69) is 0 Å². The summed E-state index contributed by atoms with van der Waals surface area (Å²) in [5.74, 6) is -1.12. The van der Waals surface area contributed by atoms with Crippen LogP contribution in [0, 0.1) is 18.3 Å². The molecular formula is C24H29NO7. The molecule has 3 atom stereocenters. The molecule has 0 radical (unpaired) electrons. The number of carbonyl (C=O) groups excluding carboxylic acids is 2. The number of rotatable bonds is 6. The van der Waals surface area contributed by atoms with Crippen molar-refractivity contribution in [3.8, 4) is 0 Å². The smallest absolute Gasteiger partial charge is 0.326 e. The molecule has 0 N–H and O–H groups in total. The van der Waals surface area contributed by atoms with Gasteiger partial charge < -0.3 is 18.6 Å². The number of hydrogen-bond acceptors (Lipinski definition) is 8. The lowest BCUT2D eigenvalue weighted by molar-refractivity contribution is -0.177. The number of benzene rings is 1. The average Bonchev–Trinajstić information content (AvgIpc) is 3.43. The van der Waals surface area contributed by atoms with Gasteiger partial charge in [-0.25, -0.2) is 9.90 Å². The SMILES string of the molecule is CCOC(=O)C1(C(=O)OCC)C[C@@H]2CCO[C@@H]2ON(c2ccc(C)cc2)[C@@H]1c1ccco1. The third kappa shape index (κ3) is 3.89. The maximum Gasteiger partial charge on any atom is 0.326 e. The van der Waals surface area contributed by atoms with Crippen LogP contribution in [0.25, 0.3) is 0 Å². The highest BCUT2D eigenvalue weighted by molar-refractivity contribution is 6.01. The normalized spacial score (nSPS) is 24.5. The molecule has 2 aromatic rings. The van der Waals surface area contributed by atoms with Gasteiger partial charge in [-0.3, -0.25) is 9.59 Å². The summed E-state index contributed by atoms with van der Waals surface area (Å²) >= 11 is 0. The van der Waals surface area contributed by atoms with Gasteiger partial charge >= 0.3 is 11.9 Å². The second-order valence-corrected chi connectivity index (χ2v) is 8.09. The number of aryl methyl sites for hydroxylation is 1. The van der Waals surface area contributed by atoms with Crippen LogP contribution in [-0.4, -0.2) is 38.0 Å². The van der Waals surface area contributed by atoms with Crippen LogP contribution in [-0.2, 0) is 28.6 Å². The van der Waals surface area contributed by atoms with E-state index in [9.17, 15) is 9.59 Å². The van der Waals surface area contributed by atoms with Crippen molar-refractivity contribution >= 4 is 17.6 Å². The minimum Gasteiger partial charge on any atom is -0.467 e. The van der Waals surface area contributed by atoms with E-state index < -0.39 is 29.7 Å². The predicted octanol–water partition coefficient (Wildman–Crippen LogP) is 3.95. The molecule has 2 aliphatic rings. The number of carbonyl (C=O) groups is 2. The van der Waals surface area contributed by atoms with Gasteiger partial charge in [-0.2, -0.15) is 0 Å². The number of esters is 2. The predicted molar refractivity (Wildman–Crippen MR) is 114 cm³/mol. The lowest BCUT2D eigenvalue weighted by Gasteiger charge is -2.39. The summed E-state index contributed by atoms with van der Waals surface area (Å²) in [5, 5.41) is 1.56. The summed E-state index contributed by atoms with van der Waals surface area (Å²) in [6.45, 7) is 6.14. The number of hydroxylamine groups is 1. The molecule has 2 aliphatic heterocycles. The van der Waals surface area contributed by atoms with Crippen molar-refractivity contribution in [3.63, 3.8) is 0 Å². The largest absolute Gasteiger partial charge is 0.467 e. The fourth-order valence-corrected chi connectivity index (χ4v) is 4.52. The molecule has 2 fully saturated rings. The average molecular weight is 443 g/mol. The van der Waals surface area contributed by atoms with Crippen LogP contribution < -0.4 is 5.06 Å². The Morgan fingerprint density at radius 1 is 1.09 bits per heavy atom. The number of furan rings is 1. The zero-order chi connectivity index (χ0) is 22.7. The molecule has 172 valence electrons. The van der Waals surface area contributed by atoms with Crippen molar-refractivity contribution in [2.24, 2.45) is 11.3 Å². The first-order valence-corrected chi connectivity index (χ1v) is 11.0. The second kappa shape index (κ2) is 9.34. The standard InChI is InChI=1S/C24H29NO7/c1-4-28-22(26)24(23(27)29-5-2)15-17-12-14-31-21(17)32-25(18-10-8-16(3)9-11-18)20(24)19-7-6-13-30-19/h6-11,13,17,20-21H,4-5,12,14-15H2,1-3H3/t17-,20+,21+/m0/s1. The minimum absolute atomic E-state index is 0.126. The van der Waals surface area contributed by atoms with Crippen molar-refractivity contribution in [1.29, 1.82) is 0 Å². The summed E-state index contributed by atoms with van der Waals surface area (Å²) < 4.78 is 22.6. The number of nitrogens with zero attached hydrogens (tertiary/aromatic N) is 1. The van der Waals surface area contributed by atoms with E-state index in [4.69, 9.17) is 23.5 Å². The van der Waals surface area contributed by atoms with Crippen LogP contribution >= 0.6 is 0 Å². The van der Waals surface area contributed by atoms with Crippen molar-refractivity contribution in [2.45, 2.75) is 45.9 Å². The van der Waals surface area contributed by atoms with Gasteiger partial charge in [-0.15, -0.1) is 0 Å². The molecule has 0 saturated carbocycles. The third-order valence-corrected chi connectivity index (χ3v) is 6.04. The molecule has 3 heterocycles. The quantitative estimate of drug-likeness (QED) is 0.490. The summed E-state index contributed by atoms with van der Waals surface area (Å²) in [5.41, 5.74) is 0.0169. The summed E-state index contributed by atoms with van der Waals surface area (Å²) in [6, 6.07) is 10.1. The van der Waals surface area contributed by atoms with Crippen molar-refractivity contribution in [1.82, 2.24) is 0 Å². The van der Waals surface area contributed by atoms with Crippen LogP contribution in [0.15, 0.2) is 47.1 Å². The molecule has 1 aromatic carbocycles. The van der Waals surface area contributed by atoms with Crippen molar-refractivity contribution in [3.05, 3.63) is 54.0 Å². The van der Waals surface area contributed by atoms with E-state index >= 15 is 0 Å². The fourth-order valence-electron chi connectivity index (χ4n) is 4.52. The maximum absolute atomic E-state index is 13.6. The van der Waals surface area contributed by atoms with Gasteiger partial charge in [-0.1, -0.05) is 17.7 Å². The van der Waals surface area contributed by atoms with E-state index in [-0.39, 0.29) is 25.6 Å². The highest BCUT2D eigenvalue weighted by Crippen LogP contribution is 2.52. The molecule has 2 saturated heterocycles. The Kier molecular flexibility index (Phi) is 6.53. The third-order valence-electron chi connectivity index (χ3n) is 6.04. The molecule has 0 unspecified atom stereocenters. The zero-order valence-corrected chi connectivity index (χ0v) is 18.6. The molecule has 0 amide bonds. The van der Waals surface area contributed by atoms with Gasteiger partial charge in [-0.05, 0) is 57.9 Å². The lowest BCUT2D eigenvalue weighted by atomic mass is 9.71. The summed E-state index contributed by atoms with van der Waals surface area (Å²) in [6.07, 6.45) is 1.70. The Balaban J connectivity index is 1.95. The van der Waals surface area contributed by atoms with Crippen LogP contribution in [0.4, 0.5) is 5.69 Å². The maximum atomic E-state index is 13.6.